The summed E-state index contributed by atoms with van der Waals surface area (Å²) in [6.07, 6.45) is 2.14. The molecular formula is C12H26N2O. The molecule has 2 unspecified atom stereocenters. The monoisotopic (exact) mass is 214 g/mol. The number of aliphatic hydroxyl groups is 1. The van der Waals surface area contributed by atoms with E-state index in [0.29, 0.717) is 5.92 Å². The van der Waals surface area contributed by atoms with Crippen molar-refractivity contribution in [2.24, 2.45) is 5.92 Å². The van der Waals surface area contributed by atoms with Gasteiger partial charge < -0.3 is 10.0 Å². The van der Waals surface area contributed by atoms with Gasteiger partial charge in [-0.1, -0.05) is 20.3 Å². The van der Waals surface area contributed by atoms with Crippen molar-refractivity contribution in [1.82, 2.24) is 9.80 Å². The molecular weight excluding hydrogens is 188 g/mol. The Morgan fingerprint density at radius 1 is 1.20 bits per heavy atom. The van der Waals surface area contributed by atoms with E-state index in [4.69, 9.17) is 0 Å². The van der Waals surface area contributed by atoms with Crippen molar-refractivity contribution in [1.29, 1.82) is 0 Å². The number of hydrogen-bond acceptors (Lipinski definition) is 3. The van der Waals surface area contributed by atoms with E-state index in [1.807, 2.05) is 0 Å². The Hall–Kier alpha value is -0.120. The van der Waals surface area contributed by atoms with E-state index in [0.717, 1.165) is 32.6 Å². The van der Waals surface area contributed by atoms with Crippen molar-refractivity contribution in [3.63, 3.8) is 0 Å². The van der Waals surface area contributed by atoms with Crippen LogP contribution in [0.3, 0.4) is 0 Å². The standard InChI is InChI=1S/C12H26N2O/c1-4-11(2)12(15)10-14-7-5-6-13(3)8-9-14/h11-12,15H,4-10H2,1-3H3. The first-order valence-electron chi connectivity index (χ1n) is 6.22. The van der Waals surface area contributed by atoms with Gasteiger partial charge in [0.15, 0.2) is 0 Å². The van der Waals surface area contributed by atoms with Crippen molar-refractivity contribution >= 4 is 0 Å². The quantitative estimate of drug-likeness (QED) is 0.757. The van der Waals surface area contributed by atoms with Crippen LogP contribution in [0.15, 0.2) is 0 Å². The maximum absolute atomic E-state index is 9.97. The largest absolute Gasteiger partial charge is 0.392 e. The SMILES string of the molecule is CCC(C)C(O)CN1CCCN(C)CC1. The summed E-state index contributed by atoms with van der Waals surface area (Å²) in [4.78, 5) is 4.77. The van der Waals surface area contributed by atoms with E-state index in [9.17, 15) is 5.11 Å². The molecule has 0 aromatic carbocycles. The van der Waals surface area contributed by atoms with Gasteiger partial charge in [0.05, 0.1) is 6.10 Å². The average molecular weight is 214 g/mol. The van der Waals surface area contributed by atoms with Gasteiger partial charge in [-0.2, -0.15) is 0 Å². The molecule has 1 fully saturated rings. The lowest BCUT2D eigenvalue weighted by Gasteiger charge is -2.26. The molecule has 90 valence electrons. The molecule has 15 heavy (non-hydrogen) atoms. The molecule has 1 heterocycles. The lowest BCUT2D eigenvalue weighted by molar-refractivity contribution is 0.0700. The molecule has 0 aromatic rings. The van der Waals surface area contributed by atoms with Gasteiger partial charge in [-0.3, -0.25) is 4.90 Å². The molecule has 0 aliphatic carbocycles. The van der Waals surface area contributed by atoms with E-state index in [1.165, 1.54) is 13.0 Å². The summed E-state index contributed by atoms with van der Waals surface area (Å²) in [7, 11) is 2.18. The number of aliphatic hydroxyl groups excluding tert-OH is 1. The van der Waals surface area contributed by atoms with Gasteiger partial charge in [0.2, 0.25) is 0 Å². The van der Waals surface area contributed by atoms with Crippen LogP contribution in [0.1, 0.15) is 26.7 Å². The Morgan fingerprint density at radius 2 is 1.93 bits per heavy atom. The van der Waals surface area contributed by atoms with Crippen molar-refractivity contribution in [2.45, 2.75) is 32.8 Å². The third-order valence-corrected chi connectivity index (χ3v) is 3.56. The lowest BCUT2D eigenvalue weighted by atomic mass is 10.0. The zero-order valence-corrected chi connectivity index (χ0v) is 10.4. The lowest BCUT2D eigenvalue weighted by Crippen LogP contribution is -2.37. The van der Waals surface area contributed by atoms with Gasteiger partial charge in [0.1, 0.15) is 0 Å². The first kappa shape index (κ1) is 12.9. The van der Waals surface area contributed by atoms with Crippen LogP contribution in [0.25, 0.3) is 0 Å². The number of nitrogens with zero attached hydrogens (tertiary/aromatic N) is 2. The van der Waals surface area contributed by atoms with Gasteiger partial charge in [-0.05, 0) is 32.5 Å². The van der Waals surface area contributed by atoms with Crippen LogP contribution >= 0.6 is 0 Å². The fourth-order valence-corrected chi connectivity index (χ4v) is 2.00. The minimum absolute atomic E-state index is 0.154. The zero-order chi connectivity index (χ0) is 11.3. The summed E-state index contributed by atoms with van der Waals surface area (Å²) in [6, 6.07) is 0. The van der Waals surface area contributed by atoms with Crippen LogP contribution in [-0.2, 0) is 0 Å². The summed E-state index contributed by atoms with van der Waals surface area (Å²) in [6.45, 7) is 9.69. The topological polar surface area (TPSA) is 26.7 Å². The molecule has 2 atom stereocenters. The van der Waals surface area contributed by atoms with Gasteiger partial charge in [-0.25, -0.2) is 0 Å². The zero-order valence-electron chi connectivity index (χ0n) is 10.4. The predicted molar refractivity (Wildman–Crippen MR) is 64.0 cm³/mol. The van der Waals surface area contributed by atoms with Crippen LogP contribution < -0.4 is 0 Å². The molecule has 0 radical (unpaired) electrons. The summed E-state index contributed by atoms with van der Waals surface area (Å²) in [5, 5.41) is 9.97. The van der Waals surface area contributed by atoms with Crippen LogP contribution in [0.2, 0.25) is 0 Å². The Kier molecular flexibility index (Phi) is 5.58. The molecule has 3 heteroatoms. The predicted octanol–water partition coefficient (Wildman–Crippen LogP) is 1.03. The third-order valence-electron chi connectivity index (χ3n) is 3.56. The Morgan fingerprint density at radius 3 is 2.60 bits per heavy atom. The molecule has 0 amide bonds. The van der Waals surface area contributed by atoms with Crippen molar-refractivity contribution in [2.75, 3.05) is 39.8 Å². The normalized spacial score (nSPS) is 24.8. The first-order valence-corrected chi connectivity index (χ1v) is 6.22. The molecule has 3 nitrogen and oxygen atoms in total. The molecule has 1 aliphatic rings. The van der Waals surface area contributed by atoms with Crippen molar-refractivity contribution in [3.05, 3.63) is 0 Å². The van der Waals surface area contributed by atoms with Crippen LogP contribution in [-0.4, -0.2) is 60.8 Å². The molecule has 0 bridgehead atoms. The van der Waals surface area contributed by atoms with Crippen LogP contribution in [0.5, 0.6) is 0 Å². The van der Waals surface area contributed by atoms with Gasteiger partial charge in [0, 0.05) is 19.6 Å². The Balaban J connectivity index is 2.30. The number of likely N-dealkylation sites (N-methyl/N-ethyl adjacent to an activating group) is 1. The highest BCUT2D eigenvalue weighted by Crippen LogP contribution is 2.10. The first-order chi connectivity index (χ1) is 7.13. The number of hydrogen-bond donors (Lipinski definition) is 1. The molecule has 0 aromatic heterocycles. The molecule has 1 N–H and O–H groups in total. The molecule has 1 aliphatic heterocycles. The minimum Gasteiger partial charge on any atom is -0.392 e. The van der Waals surface area contributed by atoms with Gasteiger partial charge >= 0.3 is 0 Å². The van der Waals surface area contributed by atoms with E-state index >= 15 is 0 Å². The van der Waals surface area contributed by atoms with Crippen LogP contribution in [0, 0.1) is 5.92 Å². The Labute approximate surface area is 94.1 Å². The van der Waals surface area contributed by atoms with E-state index in [-0.39, 0.29) is 6.10 Å². The van der Waals surface area contributed by atoms with E-state index in [2.05, 4.69) is 30.7 Å². The minimum atomic E-state index is -0.154. The Bertz CT molecular complexity index is 175. The maximum Gasteiger partial charge on any atom is 0.0692 e. The highest BCUT2D eigenvalue weighted by molar-refractivity contribution is 4.72. The number of rotatable bonds is 4. The third kappa shape index (κ3) is 4.49. The summed E-state index contributed by atoms with van der Waals surface area (Å²) in [5.74, 6) is 0.422. The second-order valence-corrected chi connectivity index (χ2v) is 4.91. The molecule has 1 rings (SSSR count). The molecule has 0 saturated carbocycles. The van der Waals surface area contributed by atoms with E-state index < -0.39 is 0 Å². The second-order valence-electron chi connectivity index (χ2n) is 4.91. The van der Waals surface area contributed by atoms with Crippen molar-refractivity contribution < 1.29 is 5.11 Å². The van der Waals surface area contributed by atoms with Gasteiger partial charge in [0.25, 0.3) is 0 Å². The smallest absolute Gasteiger partial charge is 0.0692 e. The number of β-amino-alcohol motifs (C(OH)–C–C–N with tert-alkyl or cyclic N) is 1. The summed E-state index contributed by atoms with van der Waals surface area (Å²) >= 11 is 0. The fourth-order valence-electron chi connectivity index (χ4n) is 2.00. The molecule has 1 saturated heterocycles. The van der Waals surface area contributed by atoms with E-state index in [1.54, 1.807) is 0 Å². The maximum atomic E-state index is 9.97. The highest BCUT2D eigenvalue weighted by atomic mass is 16.3. The second kappa shape index (κ2) is 6.46. The average Bonchev–Trinajstić information content (AvgIpc) is 2.42. The highest BCUT2D eigenvalue weighted by Gasteiger charge is 2.18. The van der Waals surface area contributed by atoms with Crippen molar-refractivity contribution in [3.8, 4) is 0 Å². The summed E-state index contributed by atoms with van der Waals surface area (Å²) < 4.78 is 0. The molecule has 0 spiro atoms. The summed E-state index contributed by atoms with van der Waals surface area (Å²) in [5.41, 5.74) is 0. The fraction of sp³-hybridized carbons (Fsp3) is 1.00. The van der Waals surface area contributed by atoms with Gasteiger partial charge in [-0.15, -0.1) is 0 Å². The van der Waals surface area contributed by atoms with Crippen LogP contribution in [0.4, 0.5) is 0 Å².